The fourth-order valence-electron chi connectivity index (χ4n) is 0.359. The minimum atomic E-state index is -0.614. The smallest absolute Gasteiger partial charge is 0.413 e. The molecule has 0 aliphatic rings. The van der Waals surface area contributed by atoms with Crippen LogP contribution in [0.4, 0.5) is 0 Å². The van der Waals surface area contributed by atoms with Crippen LogP contribution in [0.3, 0.4) is 0 Å². The van der Waals surface area contributed by atoms with E-state index in [0.717, 1.165) is 12.6 Å². The third kappa shape index (κ3) is 3.80. The van der Waals surface area contributed by atoms with Gasteiger partial charge in [-0.05, 0) is 13.3 Å². The standard InChI is InChI=1S/C6H10N2O2/c1-3-5(2)10-6(9)4-8-7/h4-5H,3H2,1-2H3. The van der Waals surface area contributed by atoms with Gasteiger partial charge >= 0.3 is 12.2 Å². The molecule has 56 valence electrons. The summed E-state index contributed by atoms with van der Waals surface area (Å²) in [6.45, 7) is 3.66. The zero-order valence-electron chi connectivity index (χ0n) is 6.07. The van der Waals surface area contributed by atoms with Crippen molar-refractivity contribution in [3.05, 3.63) is 5.53 Å². The highest BCUT2D eigenvalue weighted by Gasteiger charge is 2.07. The molecule has 0 aliphatic heterocycles. The summed E-state index contributed by atoms with van der Waals surface area (Å²) in [6, 6.07) is 0. The lowest BCUT2D eigenvalue weighted by Crippen LogP contribution is -2.14. The lowest BCUT2D eigenvalue weighted by molar-refractivity contribution is -0.143. The molecular formula is C6H10N2O2. The summed E-state index contributed by atoms with van der Waals surface area (Å²) in [6.07, 6.45) is 1.36. The maximum absolute atomic E-state index is 10.5. The average molecular weight is 142 g/mol. The second-order valence-corrected chi connectivity index (χ2v) is 1.90. The summed E-state index contributed by atoms with van der Waals surface area (Å²) in [7, 11) is 0. The number of nitrogens with zero attached hydrogens (tertiary/aromatic N) is 2. The highest BCUT2D eigenvalue weighted by atomic mass is 16.5. The van der Waals surface area contributed by atoms with Crippen molar-refractivity contribution in [2.45, 2.75) is 26.4 Å². The monoisotopic (exact) mass is 142 g/mol. The second kappa shape index (κ2) is 4.70. The highest BCUT2D eigenvalue weighted by Crippen LogP contribution is 1.93. The van der Waals surface area contributed by atoms with Crippen LogP contribution in [0.15, 0.2) is 0 Å². The molecule has 1 atom stereocenters. The van der Waals surface area contributed by atoms with E-state index < -0.39 is 5.97 Å². The number of hydrogen-bond donors (Lipinski definition) is 0. The van der Waals surface area contributed by atoms with Crippen molar-refractivity contribution < 1.29 is 14.3 Å². The van der Waals surface area contributed by atoms with Gasteiger partial charge in [-0.1, -0.05) is 6.92 Å². The van der Waals surface area contributed by atoms with Crippen molar-refractivity contribution in [2.24, 2.45) is 0 Å². The van der Waals surface area contributed by atoms with Crippen molar-refractivity contribution in [2.75, 3.05) is 0 Å². The first-order valence-electron chi connectivity index (χ1n) is 3.08. The van der Waals surface area contributed by atoms with E-state index in [9.17, 15) is 4.79 Å². The van der Waals surface area contributed by atoms with Crippen molar-refractivity contribution in [3.8, 4) is 0 Å². The first-order valence-corrected chi connectivity index (χ1v) is 3.08. The molecule has 0 saturated carbocycles. The van der Waals surface area contributed by atoms with E-state index in [0.29, 0.717) is 0 Å². The molecule has 4 nitrogen and oxygen atoms in total. The van der Waals surface area contributed by atoms with Gasteiger partial charge in [-0.2, -0.15) is 4.79 Å². The number of carbonyl (C=O) groups is 1. The molecule has 0 aromatic rings. The van der Waals surface area contributed by atoms with Crippen molar-refractivity contribution >= 4 is 12.2 Å². The van der Waals surface area contributed by atoms with Crippen LogP contribution in [-0.2, 0) is 9.53 Å². The van der Waals surface area contributed by atoms with E-state index >= 15 is 0 Å². The van der Waals surface area contributed by atoms with Gasteiger partial charge in [0.2, 0.25) is 0 Å². The van der Waals surface area contributed by atoms with Gasteiger partial charge in [0.15, 0.2) is 0 Å². The molecule has 0 bridgehead atoms. The Balaban J connectivity index is 3.67. The molecule has 0 rings (SSSR count). The van der Waals surface area contributed by atoms with Gasteiger partial charge in [0.05, 0.1) is 6.10 Å². The van der Waals surface area contributed by atoms with Gasteiger partial charge in [-0.15, -0.1) is 0 Å². The SMILES string of the molecule is CCC(C)OC(=O)C=[N+]=[N-]. The van der Waals surface area contributed by atoms with E-state index in [-0.39, 0.29) is 6.10 Å². The average Bonchev–Trinajstić information content (AvgIpc) is 1.88. The molecule has 0 aromatic heterocycles. The summed E-state index contributed by atoms with van der Waals surface area (Å²) in [5.74, 6) is -0.614. The third-order valence-electron chi connectivity index (χ3n) is 1.06. The third-order valence-corrected chi connectivity index (χ3v) is 1.06. The fourth-order valence-corrected chi connectivity index (χ4v) is 0.359. The Morgan fingerprint density at radius 2 is 2.50 bits per heavy atom. The molecule has 0 saturated heterocycles. The summed E-state index contributed by atoms with van der Waals surface area (Å²) < 4.78 is 4.69. The van der Waals surface area contributed by atoms with E-state index in [2.05, 4.69) is 4.79 Å². The van der Waals surface area contributed by atoms with Gasteiger partial charge in [0.25, 0.3) is 0 Å². The number of ether oxygens (including phenoxy) is 1. The fraction of sp³-hybridized carbons (Fsp3) is 0.667. The molecule has 10 heavy (non-hydrogen) atoms. The maximum atomic E-state index is 10.5. The van der Waals surface area contributed by atoms with Gasteiger partial charge < -0.3 is 10.3 Å². The predicted molar refractivity (Wildman–Crippen MR) is 35.5 cm³/mol. The Hall–Kier alpha value is -1.15. The van der Waals surface area contributed by atoms with Gasteiger partial charge in [0.1, 0.15) is 0 Å². The minimum Gasteiger partial charge on any atom is -0.454 e. The van der Waals surface area contributed by atoms with Gasteiger partial charge in [-0.3, -0.25) is 0 Å². The molecule has 0 aliphatic carbocycles. The number of hydrogen-bond acceptors (Lipinski definition) is 2. The van der Waals surface area contributed by atoms with Crippen molar-refractivity contribution in [3.63, 3.8) is 0 Å². The maximum Gasteiger partial charge on any atom is 0.413 e. The molecule has 1 unspecified atom stereocenters. The number of rotatable bonds is 3. The van der Waals surface area contributed by atoms with Crippen LogP contribution in [0.2, 0.25) is 0 Å². The van der Waals surface area contributed by atoms with Crippen LogP contribution in [0.5, 0.6) is 0 Å². The van der Waals surface area contributed by atoms with E-state index in [1.54, 1.807) is 6.92 Å². The molecule has 0 aromatic carbocycles. The summed E-state index contributed by atoms with van der Waals surface area (Å²) >= 11 is 0. The van der Waals surface area contributed by atoms with Crippen molar-refractivity contribution in [1.82, 2.24) is 0 Å². The summed E-state index contributed by atoms with van der Waals surface area (Å²) in [4.78, 5) is 13.0. The Bertz CT molecular complexity index is 161. The van der Waals surface area contributed by atoms with E-state index in [1.165, 1.54) is 0 Å². The van der Waals surface area contributed by atoms with Crippen LogP contribution < -0.4 is 0 Å². The minimum absolute atomic E-state index is 0.120. The molecule has 0 heterocycles. The molecular weight excluding hydrogens is 132 g/mol. The zero-order chi connectivity index (χ0) is 7.98. The van der Waals surface area contributed by atoms with Crippen LogP contribution >= 0.6 is 0 Å². The topological polar surface area (TPSA) is 62.7 Å². The first-order chi connectivity index (χ1) is 4.70. The number of carbonyl (C=O) groups excluding carboxylic acids is 1. The molecule has 0 amide bonds. The largest absolute Gasteiger partial charge is 0.454 e. The quantitative estimate of drug-likeness (QED) is 0.251. The molecule has 0 N–H and O–H groups in total. The lowest BCUT2D eigenvalue weighted by Gasteiger charge is -2.05. The van der Waals surface area contributed by atoms with Gasteiger partial charge in [0, 0.05) is 0 Å². The summed E-state index contributed by atoms with van der Waals surface area (Å²) in [5.41, 5.74) is 7.89. The Morgan fingerprint density at radius 3 is 2.90 bits per heavy atom. The van der Waals surface area contributed by atoms with Crippen LogP contribution in [0, 0.1) is 0 Å². The van der Waals surface area contributed by atoms with E-state index in [1.807, 2.05) is 6.92 Å². The molecule has 0 radical (unpaired) electrons. The number of esters is 1. The summed E-state index contributed by atoms with van der Waals surface area (Å²) in [5, 5.41) is 0. The Morgan fingerprint density at radius 1 is 1.90 bits per heavy atom. The highest BCUT2D eigenvalue weighted by molar-refractivity contribution is 6.20. The molecule has 0 spiro atoms. The Kier molecular flexibility index (Phi) is 4.16. The van der Waals surface area contributed by atoms with E-state index in [4.69, 9.17) is 10.3 Å². The Labute approximate surface area is 59.4 Å². The molecule has 4 heteroatoms. The van der Waals surface area contributed by atoms with Crippen LogP contribution in [0.1, 0.15) is 20.3 Å². The van der Waals surface area contributed by atoms with Gasteiger partial charge in [-0.25, -0.2) is 4.79 Å². The second-order valence-electron chi connectivity index (χ2n) is 1.90. The molecule has 0 fully saturated rings. The van der Waals surface area contributed by atoms with Crippen molar-refractivity contribution in [1.29, 1.82) is 0 Å². The van der Waals surface area contributed by atoms with Crippen LogP contribution in [-0.4, -0.2) is 23.1 Å². The first kappa shape index (κ1) is 8.85. The normalized spacial score (nSPS) is 11.4. The van der Waals surface area contributed by atoms with Crippen LogP contribution in [0.25, 0.3) is 5.53 Å². The predicted octanol–water partition coefficient (Wildman–Crippen LogP) is 0.629. The lowest BCUT2D eigenvalue weighted by atomic mass is 10.3. The zero-order valence-corrected chi connectivity index (χ0v) is 6.07.